The Kier molecular flexibility index (Phi) is 29.0. The van der Waals surface area contributed by atoms with Crippen molar-refractivity contribution in [1.82, 2.24) is 43.8 Å². The minimum absolute atomic E-state index is 0.106. The van der Waals surface area contributed by atoms with E-state index in [4.69, 9.17) is 57.4 Å². The molecule has 9 aromatic heterocycles. The van der Waals surface area contributed by atoms with Crippen LogP contribution in [0.15, 0.2) is 328 Å². The second-order valence-electron chi connectivity index (χ2n) is 25.7. The summed E-state index contributed by atoms with van der Waals surface area (Å²) in [5, 5.41) is 47.4. The average Bonchev–Trinajstić information content (AvgIpc) is 1.62. The zero-order valence-electron chi connectivity index (χ0n) is 61.5. The van der Waals surface area contributed by atoms with Gasteiger partial charge in [-0.05, 0) is 217 Å². The normalized spacial score (nSPS) is 10.9. The molecule has 0 radical (unpaired) electrons. The van der Waals surface area contributed by atoms with Crippen molar-refractivity contribution < 1.29 is 26.0 Å². The van der Waals surface area contributed by atoms with Crippen molar-refractivity contribution in [2.75, 3.05) is 5.32 Å². The summed E-state index contributed by atoms with van der Waals surface area (Å²) in [6, 6.07) is 107. The van der Waals surface area contributed by atoms with Gasteiger partial charge in [0, 0.05) is 24.6 Å². The monoisotopic (exact) mass is 1850 g/mol. The number of hydrogen-bond donors (Lipinski definition) is 3. The van der Waals surface area contributed by atoms with Crippen LogP contribution in [0.5, 0.6) is 0 Å². The summed E-state index contributed by atoms with van der Waals surface area (Å²) in [6.45, 7) is 10.5. The number of halogens is 5. The zero-order chi connectivity index (χ0) is 78.7. The first-order chi connectivity index (χ1) is 55.0. The Labute approximate surface area is 710 Å². The number of hydrogen-bond acceptors (Lipinski definition) is 12. The fourth-order valence-electron chi connectivity index (χ4n) is 12.2. The number of benzene rings is 10. The SMILES string of the molecule is Cc1ccc2sc(-c3cnc4ccc(Cl)nn34)cc2c1.Cc1ccc2sc(-c3cnc4ccc(Nc5ccc(C)c(C)c5)nn34)cc2c1.Cc1ccc2sc(B(O)O)cc2c1.Clc1ccc2ncc(I)n2n1.[Cl][Pd][Cl].c1ccc(P(c2ccccc2)c2ccccc2)cc1.c1ccc(P(c2ccccc2)c2ccccc2)cc1. The van der Waals surface area contributed by atoms with Crippen molar-refractivity contribution >= 4 is 217 Å². The molecular formula is C89H72BCl4IN10O2P2PdS3. The molecule has 113 heavy (non-hydrogen) atoms. The predicted octanol–water partition coefficient (Wildman–Crippen LogP) is 22.0. The number of aromatic nitrogens is 9. The van der Waals surface area contributed by atoms with Crippen LogP contribution in [-0.2, 0) is 15.9 Å². The Hall–Kier alpha value is -8.86. The topological polar surface area (TPSA) is 143 Å². The number of rotatable bonds is 11. The largest absolute Gasteiger partial charge is 0.0622 e. The summed E-state index contributed by atoms with van der Waals surface area (Å²) in [5.74, 6) is 0.798. The van der Waals surface area contributed by atoms with Gasteiger partial charge in [-0.1, -0.05) is 264 Å². The summed E-state index contributed by atoms with van der Waals surface area (Å²) in [7, 11) is 7.39. The molecule has 0 spiro atoms. The smallest absolute Gasteiger partial charge is 0.0134 e. The van der Waals surface area contributed by atoms with Gasteiger partial charge < -0.3 is 15.4 Å². The van der Waals surface area contributed by atoms with Crippen LogP contribution in [-0.4, -0.2) is 61.0 Å². The second kappa shape index (κ2) is 39.9. The second-order valence-corrected chi connectivity index (χ2v) is 37.7. The molecule has 24 heteroatoms. The number of thiophene rings is 3. The Morgan fingerprint density at radius 2 is 0.735 bits per heavy atom. The van der Waals surface area contributed by atoms with Crippen LogP contribution in [0.4, 0.5) is 11.5 Å². The van der Waals surface area contributed by atoms with Crippen LogP contribution in [0, 0.1) is 38.3 Å². The molecular weight excluding hydrogens is 1790 g/mol. The van der Waals surface area contributed by atoms with Gasteiger partial charge in [-0.25, -0.2) is 28.5 Å². The van der Waals surface area contributed by atoms with E-state index in [9.17, 15) is 0 Å². The van der Waals surface area contributed by atoms with E-state index in [1.165, 1.54) is 96.0 Å². The molecule has 0 saturated carbocycles. The van der Waals surface area contributed by atoms with Crippen molar-refractivity contribution in [3.8, 4) is 21.1 Å². The number of nitrogens with zero attached hydrogens (tertiary/aromatic N) is 9. The van der Waals surface area contributed by atoms with Gasteiger partial charge in [0.15, 0.2) is 22.8 Å². The quantitative estimate of drug-likeness (QED) is 0.0655. The van der Waals surface area contributed by atoms with Crippen LogP contribution >= 0.6 is 115 Å². The van der Waals surface area contributed by atoms with E-state index < -0.39 is 23.0 Å². The van der Waals surface area contributed by atoms with Gasteiger partial charge in [-0.15, -0.1) is 39.1 Å². The first-order valence-electron chi connectivity index (χ1n) is 35.5. The Morgan fingerprint density at radius 1 is 0.381 bits per heavy atom. The van der Waals surface area contributed by atoms with E-state index in [-0.39, 0.29) is 15.9 Å². The third kappa shape index (κ3) is 21.6. The summed E-state index contributed by atoms with van der Waals surface area (Å²) in [5.41, 5.74) is 11.7. The molecule has 19 rings (SSSR count). The molecule has 566 valence electrons. The molecule has 0 bridgehead atoms. The summed E-state index contributed by atoms with van der Waals surface area (Å²) in [6.07, 6.45) is 5.50. The summed E-state index contributed by atoms with van der Waals surface area (Å²) >= 11 is 18.6. The van der Waals surface area contributed by atoms with E-state index in [2.05, 4.69) is 329 Å². The molecule has 0 aliphatic carbocycles. The van der Waals surface area contributed by atoms with Gasteiger partial charge in [0.05, 0.1) is 28.3 Å². The Morgan fingerprint density at radius 3 is 1.13 bits per heavy atom. The van der Waals surface area contributed by atoms with Gasteiger partial charge in [-0.3, -0.25) is 0 Å². The zero-order valence-corrected chi connectivity index (χ0v) is 72.5. The van der Waals surface area contributed by atoms with E-state index >= 15 is 0 Å². The number of nitrogens with one attached hydrogen (secondary N) is 1. The number of fused-ring (bicyclic) bond motifs is 6. The Balaban J connectivity index is 0.000000120. The van der Waals surface area contributed by atoms with Gasteiger partial charge in [0.1, 0.15) is 25.4 Å². The molecule has 0 saturated heterocycles. The minimum atomic E-state index is -1.35. The Bertz CT molecular complexity index is 6010. The first kappa shape index (κ1) is 82.1. The molecule has 0 aliphatic heterocycles. The average molecular weight is 1860 g/mol. The molecule has 0 aliphatic rings. The predicted molar refractivity (Wildman–Crippen MR) is 490 cm³/mol. The van der Waals surface area contributed by atoms with E-state index in [1.807, 2.05) is 72.4 Å². The van der Waals surface area contributed by atoms with Crippen molar-refractivity contribution in [2.24, 2.45) is 0 Å². The molecule has 0 amide bonds. The maximum Gasteiger partial charge on any atom is -0.0134 e. The molecule has 19 aromatic rings. The third-order valence-electron chi connectivity index (χ3n) is 17.6. The standard InChI is InChI=1S/C23H20N4S.2C18H15P.C15H10ClN3S.C9H9BO2S.C6H3ClIN3.2ClH.Pd/c1-14-4-7-20-17(10-14)12-21(28-20)19-13-24-23-9-8-22(26-27(19)23)25-18-6-5-15(2)16(3)11-18;2*1-4-10-16(11-5-1)19(17-12-6-2-7-13-17)18-14-8-3-9-15-18;1-9-2-3-12-10(6-9)7-13(20-12)11-8-17-15-5-4-14(16)18-19(11)15;1-6-2-3-8-7(4-6)5-9(13-8)10(11)12;7-4-1-2-6-9-3-5(8)11(6)10-4;;;/h4-13H,1-3H3,(H,25,26);2*1-15H;2-8H,1H3;2-5,11-12H,1H3;1-3H;2*1H;/q;;;;;;;;+2/p-2. The van der Waals surface area contributed by atoms with Gasteiger partial charge in [0.2, 0.25) is 0 Å². The fourth-order valence-corrected chi connectivity index (χ4v) is 20.5. The van der Waals surface area contributed by atoms with Crippen LogP contribution in [0.25, 0.3) is 68.3 Å². The molecule has 0 atom stereocenters. The fraction of sp³-hybridized carbons (Fsp3) is 0.0562. The van der Waals surface area contributed by atoms with Crippen LogP contribution in [0.3, 0.4) is 0 Å². The number of anilines is 2. The van der Waals surface area contributed by atoms with Crippen LogP contribution in [0.1, 0.15) is 27.8 Å². The van der Waals surface area contributed by atoms with Crippen LogP contribution < -0.4 is 41.9 Å². The van der Waals surface area contributed by atoms with Crippen molar-refractivity contribution in [1.29, 1.82) is 0 Å². The van der Waals surface area contributed by atoms with Gasteiger partial charge in [-0.2, -0.15) is 10.2 Å². The van der Waals surface area contributed by atoms with E-state index in [0.29, 0.717) is 15.1 Å². The maximum atomic E-state index is 8.96. The van der Waals surface area contributed by atoms with Crippen molar-refractivity contribution in [2.45, 2.75) is 34.6 Å². The summed E-state index contributed by atoms with van der Waals surface area (Å²) < 4.78 is 10.6. The van der Waals surface area contributed by atoms with Gasteiger partial charge >= 0.3 is 42.1 Å². The maximum absolute atomic E-state index is 8.96. The third-order valence-corrected chi connectivity index (χ3v) is 27.1. The molecule has 0 fully saturated rings. The molecule has 10 aromatic carbocycles. The van der Waals surface area contributed by atoms with E-state index in [0.717, 1.165) is 58.5 Å². The van der Waals surface area contributed by atoms with Crippen molar-refractivity contribution in [3.63, 3.8) is 0 Å². The molecule has 0 unspecified atom stereocenters. The summed E-state index contributed by atoms with van der Waals surface area (Å²) in [4.78, 5) is 15.3. The minimum Gasteiger partial charge on any atom is -0.0622 e. The number of imidazole rings is 3. The molecule has 3 N–H and O–H groups in total. The van der Waals surface area contributed by atoms with Gasteiger partial charge in [0.25, 0.3) is 0 Å². The molecule has 12 nitrogen and oxygen atoms in total. The number of aryl methyl sites for hydroxylation is 5. The van der Waals surface area contributed by atoms with Crippen molar-refractivity contribution in [3.05, 3.63) is 370 Å². The molecule has 9 heterocycles. The van der Waals surface area contributed by atoms with Crippen LogP contribution in [0.2, 0.25) is 10.3 Å². The van der Waals surface area contributed by atoms with E-state index in [1.54, 1.807) is 50.0 Å². The first-order valence-corrected chi connectivity index (χ1v) is 46.5.